The fourth-order valence-corrected chi connectivity index (χ4v) is 1.74. The number of hydrogen-bond donors (Lipinski definition) is 1. The van der Waals surface area contributed by atoms with E-state index in [4.69, 9.17) is 10.5 Å². The fourth-order valence-electron chi connectivity index (χ4n) is 1.74. The Morgan fingerprint density at radius 3 is 2.71 bits per heavy atom. The number of rotatable bonds is 8. The van der Waals surface area contributed by atoms with Crippen molar-refractivity contribution in [3.8, 4) is 0 Å². The van der Waals surface area contributed by atoms with Gasteiger partial charge >= 0.3 is 0 Å². The second-order valence-electron chi connectivity index (χ2n) is 4.22. The minimum Gasteiger partial charge on any atom is -0.385 e. The summed E-state index contributed by atoms with van der Waals surface area (Å²) in [6, 6.07) is 4.27. The Bertz CT molecular complexity index is 292. The molecule has 0 fully saturated rings. The molecule has 1 aromatic rings. The van der Waals surface area contributed by atoms with Crippen LogP contribution in [0.5, 0.6) is 0 Å². The Hall–Kier alpha value is -0.970. The van der Waals surface area contributed by atoms with Gasteiger partial charge in [0.05, 0.1) is 0 Å². The molecule has 4 heteroatoms. The van der Waals surface area contributed by atoms with Gasteiger partial charge in [-0.15, -0.1) is 0 Å². The second kappa shape index (κ2) is 8.17. The average molecular weight is 237 g/mol. The summed E-state index contributed by atoms with van der Waals surface area (Å²) in [6.45, 7) is 5.73. The summed E-state index contributed by atoms with van der Waals surface area (Å²) in [6.07, 6.45) is 4.56. The molecule has 1 aromatic heterocycles. The summed E-state index contributed by atoms with van der Waals surface area (Å²) in [7, 11) is 1.71. The Kier molecular flexibility index (Phi) is 6.77. The predicted octanol–water partition coefficient (Wildman–Crippen LogP) is 1.27. The van der Waals surface area contributed by atoms with Crippen molar-refractivity contribution < 1.29 is 4.74 Å². The summed E-state index contributed by atoms with van der Waals surface area (Å²) in [5.41, 5.74) is 7.33. The highest BCUT2D eigenvalue weighted by Crippen LogP contribution is 2.04. The van der Waals surface area contributed by atoms with Crippen LogP contribution in [0.2, 0.25) is 0 Å². The van der Waals surface area contributed by atoms with E-state index in [1.807, 2.05) is 24.5 Å². The Morgan fingerprint density at radius 2 is 2.12 bits per heavy atom. The lowest BCUT2D eigenvalue weighted by Gasteiger charge is -2.24. The monoisotopic (exact) mass is 237 g/mol. The minimum absolute atomic E-state index is 0.178. The zero-order valence-corrected chi connectivity index (χ0v) is 10.8. The number of pyridine rings is 1. The molecule has 0 aliphatic carbocycles. The Morgan fingerprint density at radius 1 is 1.41 bits per heavy atom. The summed E-state index contributed by atoms with van der Waals surface area (Å²) in [4.78, 5) is 6.36. The first kappa shape index (κ1) is 14.1. The topological polar surface area (TPSA) is 51.4 Å². The number of likely N-dealkylation sites (N-methyl/N-ethyl adjacent to an activating group) is 1. The minimum atomic E-state index is 0.178. The summed E-state index contributed by atoms with van der Waals surface area (Å²) >= 11 is 0. The maximum absolute atomic E-state index is 6.06. The summed E-state index contributed by atoms with van der Waals surface area (Å²) in [5, 5.41) is 0. The molecular formula is C13H23N3O. The summed E-state index contributed by atoms with van der Waals surface area (Å²) in [5.74, 6) is 0. The molecule has 0 amide bonds. The molecule has 2 N–H and O–H groups in total. The lowest BCUT2D eigenvalue weighted by Crippen LogP contribution is -2.37. The van der Waals surface area contributed by atoms with Gasteiger partial charge < -0.3 is 10.5 Å². The van der Waals surface area contributed by atoms with Gasteiger partial charge in [-0.2, -0.15) is 0 Å². The van der Waals surface area contributed by atoms with Crippen LogP contribution in [0.3, 0.4) is 0 Å². The fraction of sp³-hybridized carbons (Fsp3) is 0.615. The number of nitrogens with zero attached hydrogens (tertiary/aromatic N) is 2. The highest BCUT2D eigenvalue weighted by atomic mass is 16.5. The van der Waals surface area contributed by atoms with Gasteiger partial charge in [0.25, 0.3) is 0 Å². The molecule has 4 nitrogen and oxygen atoms in total. The van der Waals surface area contributed by atoms with Crippen molar-refractivity contribution >= 4 is 0 Å². The van der Waals surface area contributed by atoms with Crippen molar-refractivity contribution in [1.29, 1.82) is 0 Å². The SMILES string of the molecule is CCN(Cc1ccncc1)CC(N)CCOC. The third-order valence-corrected chi connectivity index (χ3v) is 2.79. The van der Waals surface area contributed by atoms with Crippen LogP contribution in [0.25, 0.3) is 0 Å². The van der Waals surface area contributed by atoms with Crippen LogP contribution >= 0.6 is 0 Å². The molecule has 0 aromatic carbocycles. The lowest BCUT2D eigenvalue weighted by atomic mass is 10.2. The lowest BCUT2D eigenvalue weighted by molar-refractivity contribution is 0.174. The molecule has 1 rings (SSSR count). The van der Waals surface area contributed by atoms with Crippen LogP contribution in [0.1, 0.15) is 18.9 Å². The largest absolute Gasteiger partial charge is 0.385 e. The van der Waals surface area contributed by atoms with E-state index in [1.165, 1.54) is 5.56 Å². The normalized spacial score (nSPS) is 12.9. The van der Waals surface area contributed by atoms with Gasteiger partial charge in [0.15, 0.2) is 0 Å². The summed E-state index contributed by atoms with van der Waals surface area (Å²) < 4.78 is 5.04. The molecule has 1 unspecified atom stereocenters. The molecule has 0 aliphatic heterocycles. The molecule has 1 heterocycles. The van der Waals surface area contributed by atoms with Gasteiger partial charge in [-0.1, -0.05) is 6.92 Å². The van der Waals surface area contributed by atoms with Crippen molar-refractivity contribution in [2.24, 2.45) is 5.73 Å². The third kappa shape index (κ3) is 5.77. The first-order valence-corrected chi connectivity index (χ1v) is 6.12. The van der Waals surface area contributed by atoms with Crippen LogP contribution < -0.4 is 5.73 Å². The first-order chi connectivity index (χ1) is 8.26. The van der Waals surface area contributed by atoms with Crippen molar-refractivity contribution in [3.63, 3.8) is 0 Å². The Balaban J connectivity index is 2.38. The molecule has 96 valence electrons. The zero-order chi connectivity index (χ0) is 12.5. The molecule has 0 saturated heterocycles. The van der Waals surface area contributed by atoms with E-state index in [2.05, 4.69) is 16.8 Å². The van der Waals surface area contributed by atoms with Crippen LogP contribution in [0.4, 0.5) is 0 Å². The number of methoxy groups -OCH3 is 1. The number of nitrogens with two attached hydrogens (primary N) is 1. The number of aromatic nitrogens is 1. The second-order valence-corrected chi connectivity index (χ2v) is 4.22. The van der Waals surface area contributed by atoms with Crippen LogP contribution in [0.15, 0.2) is 24.5 Å². The highest BCUT2D eigenvalue weighted by Gasteiger charge is 2.09. The standard InChI is InChI=1S/C13H23N3O/c1-3-16(11-13(14)6-9-17-2)10-12-4-7-15-8-5-12/h4-5,7-8,13H,3,6,9-11,14H2,1-2H3. The van der Waals surface area contributed by atoms with E-state index < -0.39 is 0 Å². The van der Waals surface area contributed by atoms with Crippen LogP contribution in [0, 0.1) is 0 Å². The molecule has 0 saturated carbocycles. The van der Waals surface area contributed by atoms with Gasteiger partial charge in [0.2, 0.25) is 0 Å². The van der Waals surface area contributed by atoms with E-state index in [0.717, 1.165) is 32.7 Å². The van der Waals surface area contributed by atoms with Gasteiger partial charge in [-0.25, -0.2) is 0 Å². The third-order valence-electron chi connectivity index (χ3n) is 2.79. The van der Waals surface area contributed by atoms with Gasteiger partial charge in [-0.3, -0.25) is 9.88 Å². The van der Waals surface area contributed by atoms with E-state index in [0.29, 0.717) is 0 Å². The molecule has 0 radical (unpaired) electrons. The van der Waals surface area contributed by atoms with E-state index in [-0.39, 0.29) is 6.04 Å². The highest BCUT2D eigenvalue weighted by molar-refractivity contribution is 5.09. The molecule has 0 bridgehead atoms. The van der Waals surface area contributed by atoms with Crippen LogP contribution in [-0.4, -0.2) is 42.7 Å². The van der Waals surface area contributed by atoms with Crippen molar-refractivity contribution in [2.45, 2.75) is 25.9 Å². The van der Waals surface area contributed by atoms with Crippen molar-refractivity contribution in [1.82, 2.24) is 9.88 Å². The molecule has 0 aliphatic rings. The van der Waals surface area contributed by atoms with E-state index in [1.54, 1.807) is 7.11 Å². The van der Waals surface area contributed by atoms with Gasteiger partial charge in [0.1, 0.15) is 0 Å². The van der Waals surface area contributed by atoms with Crippen LogP contribution in [-0.2, 0) is 11.3 Å². The number of ether oxygens (including phenoxy) is 1. The Labute approximate surface area is 104 Å². The predicted molar refractivity (Wildman–Crippen MR) is 69.7 cm³/mol. The smallest absolute Gasteiger partial charge is 0.0477 e. The maximum Gasteiger partial charge on any atom is 0.0477 e. The average Bonchev–Trinajstić information content (AvgIpc) is 2.36. The van der Waals surface area contributed by atoms with Crippen molar-refractivity contribution in [3.05, 3.63) is 30.1 Å². The first-order valence-electron chi connectivity index (χ1n) is 6.12. The maximum atomic E-state index is 6.06. The van der Waals surface area contributed by atoms with E-state index in [9.17, 15) is 0 Å². The zero-order valence-electron chi connectivity index (χ0n) is 10.8. The molecule has 1 atom stereocenters. The molecule has 0 spiro atoms. The number of hydrogen-bond acceptors (Lipinski definition) is 4. The molecular weight excluding hydrogens is 214 g/mol. The quantitative estimate of drug-likeness (QED) is 0.739. The molecule has 17 heavy (non-hydrogen) atoms. The van der Waals surface area contributed by atoms with Gasteiger partial charge in [-0.05, 0) is 30.7 Å². The van der Waals surface area contributed by atoms with Crippen molar-refractivity contribution in [2.75, 3.05) is 26.8 Å². The van der Waals surface area contributed by atoms with Gasteiger partial charge in [0, 0.05) is 45.2 Å². The van der Waals surface area contributed by atoms with E-state index >= 15 is 0 Å².